The topological polar surface area (TPSA) is 75.4 Å². The molecular formula is C13H20N2O3S. The lowest BCUT2D eigenvalue weighted by molar-refractivity contribution is -0.384. The van der Waals surface area contributed by atoms with E-state index in [2.05, 4.69) is 5.32 Å². The average molecular weight is 284 g/mol. The van der Waals surface area contributed by atoms with Gasteiger partial charge in [0.1, 0.15) is 0 Å². The molecule has 2 unspecified atom stereocenters. The molecule has 6 heteroatoms. The van der Waals surface area contributed by atoms with Crippen molar-refractivity contribution in [2.24, 2.45) is 0 Å². The molecule has 1 rings (SSSR count). The average Bonchev–Trinajstić information content (AvgIpc) is 2.37. The van der Waals surface area contributed by atoms with Crippen LogP contribution in [-0.2, 0) is 5.75 Å². The summed E-state index contributed by atoms with van der Waals surface area (Å²) >= 11 is 1.59. The summed E-state index contributed by atoms with van der Waals surface area (Å²) < 4.78 is 0. The Bertz CT molecular complexity index is 438. The lowest BCUT2D eigenvalue weighted by atomic mass is 10.2. The molecule has 2 atom stereocenters. The Labute approximate surface area is 117 Å². The normalized spacial score (nSPS) is 13.9. The van der Waals surface area contributed by atoms with Gasteiger partial charge in [-0.25, -0.2) is 0 Å². The Morgan fingerprint density at radius 1 is 1.47 bits per heavy atom. The first-order valence-electron chi connectivity index (χ1n) is 6.26. The number of nitrogens with zero attached hydrogens (tertiary/aromatic N) is 1. The van der Waals surface area contributed by atoms with Crippen molar-refractivity contribution in [3.63, 3.8) is 0 Å². The maximum Gasteiger partial charge on any atom is 0.269 e. The molecular weight excluding hydrogens is 264 g/mol. The minimum atomic E-state index is -0.397. The molecule has 0 aliphatic rings. The number of aliphatic hydroxyl groups excluding tert-OH is 1. The van der Waals surface area contributed by atoms with E-state index in [1.165, 1.54) is 6.07 Å². The van der Waals surface area contributed by atoms with Crippen molar-refractivity contribution >= 4 is 23.1 Å². The second-order valence-corrected chi connectivity index (χ2v) is 5.75. The van der Waals surface area contributed by atoms with E-state index in [4.69, 9.17) is 0 Å². The predicted molar refractivity (Wildman–Crippen MR) is 79.7 cm³/mol. The standard InChI is InChI=1S/C13H20N2O3S/c1-4-14-13-6-5-12(15(17)18)7-11(13)8-19-10(3)9(2)16/h5-7,9-10,14,16H,4,8H2,1-3H3. The zero-order chi connectivity index (χ0) is 14.4. The molecule has 1 aromatic carbocycles. The van der Waals surface area contributed by atoms with E-state index in [1.54, 1.807) is 30.8 Å². The molecule has 0 heterocycles. The van der Waals surface area contributed by atoms with Crippen molar-refractivity contribution in [2.75, 3.05) is 11.9 Å². The van der Waals surface area contributed by atoms with Crippen molar-refractivity contribution in [2.45, 2.75) is 37.9 Å². The molecule has 0 amide bonds. The van der Waals surface area contributed by atoms with Crippen LogP contribution in [0, 0.1) is 10.1 Å². The molecule has 0 radical (unpaired) electrons. The molecule has 0 fully saturated rings. The molecule has 0 saturated carbocycles. The minimum absolute atomic E-state index is 0.0914. The van der Waals surface area contributed by atoms with Crippen LogP contribution in [0.15, 0.2) is 18.2 Å². The number of nitro groups is 1. The summed E-state index contributed by atoms with van der Waals surface area (Å²) in [5.74, 6) is 0.635. The van der Waals surface area contributed by atoms with Gasteiger partial charge in [-0.3, -0.25) is 10.1 Å². The second kappa shape index (κ2) is 7.35. The number of nitrogens with one attached hydrogen (secondary N) is 1. The van der Waals surface area contributed by atoms with Gasteiger partial charge in [0.2, 0.25) is 0 Å². The Morgan fingerprint density at radius 3 is 2.68 bits per heavy atom. The summed E-state index contributed by atoms with van der Waals surface area (Å²) in [6.07, 6.45) is -0.397. The maximum atomic E-state index is 10.8. The van der Waals surface area contributed by atoms with Gasteiger partial charge in [0.15, 0.2) is 0 Å². The number of benzene rings is 1. The fourth-order valence-electron chi connectivity index (χ4n) is 1.54. The Balaban J connectivity index is 2.87. The van der Waals surface area contributed by atoms with Crippen LogP contribution in [-0.4, -0.2) is 27.9 Å². The van der Waals surface area contributed by atoms with Crippen molar-refractivity contribution < 1.29 is 10.0 Å². The first-order chi connectivity index (χ1) is 8.95. The summed E-state index contributed by atoms with van der Waals surface area (Å²) in [4.78, 5) is 10.4. The van der Waals surface area contributed by atoms with E-state index < -0.39 is 6.10 Å². The van der Waals surface area contributed by atoms with Crippen LogP contribution in [0.25, 0.3) is 0 Å². The smallest absolute Gasteiger partial charge is 0.269 e. The lowest BCUT2D eigenvalue weighted by Gasteiger charge is -2.16. The van der Waals surface area contributed by atoms with Gasteiger partial charge in [-0.05, 0) is 25.5 Å². The van der Waals surface area contributed by atoms with Gasteiger partial charge in [0.25, 0.3) is 5.69 Å². The molecule has 0 spiro atoms. The van der Waals surface area contributed by atoms with Crippen molar-refractivity contribution in [3.05, 3.63) is 33.9 Å². The number of aliphatic hydroxyl groups is 1. The number of anilines is 1. The molecule has 19 heavy (non-hydrogen) atoms. The largest absolute Gasteiger partial charge is 0.392 e. The molecule has 1 aromatic rings. The van der Waals surface area contributed by atoms with Crippen LogP contribution >= 0.6 is 11.8 Å². The van der Waals surface area contributed by atoms with Crippen LogP contribution in [0.5, 0.6) is 0 Å². The molecule has 0 aromatic heterocycles. The van der Waals surface area contributed by atoms with E-state index in [0.717, 1.165) is 17.8 Å². The summed E-state index contributed by atoms with van der Waals surface area (Å²) in [5.41, 5.74) is 1.91. The number of nitro benzene ring substituents is 1. The van der Waals surface area contributed by atoms with Crippen LogP contribution < -0.4 is 5.32 Å². The van der Waals surface area contributed by atoms with E-state index >= 15 is 0 Å². The van der Waals surface area contributed by atoms with Gasteiger partial charge in [-0.1, -0.05) is 6.92 Å². The number of rotatable bonds is 7. The molecule has 0 aliphatic heterocycles. The Kier molecular flexibility index (Phi) is 6.11. The molecule has 106 valence electrons. The van der Waals surface area contributed by atoms with Gasteiger partial charge in [-0.2, -0.15) is 11.8 Å². The molecule has 0 aliphatic carbocycles. The lowest BCUT2D eigenvalue weighted by Crippen LogP contribution is -2.15. The van der Waals surface area contributed by atoms with Crippen molar-refractivity contribution in [3.8, 4) is 0 Å². The van der Waals surface area contributed by atoms with Gasteiger partial charge in [-0.15, -0.1) is 0 Å². The van der Waals surface area contributed by atoms with Gasteiger partial charge in [0, 0.05) is 35.4 Å². The van der Waals surface area contributed by atoms with Gasteiger partial charge >= 0.3 is 0 Å². The Hall–Kier alpha value is -1.27. The summed E-state index contributed by atoms with van der Waals surface area (Å²) in [7, 11) is 0. The van der Waals surface area contributed by atoms with Crippen LogP contribution in [0.1, 0.15) is 26.3 Å². The fourth-order valence-corrected chi connectivity index (χ4v) is 2.50. The highest BCUT2D eigenvalue weighted by Gasteiger charge is 2.14. The van der Waals surface area contributed by atoms with E-state index in [-0.39, 0.29) is 15.9 Å². The second-order valence-electron chi connectivity index (χ2n) is 4.39. The highest BCUT2D eigenvalue weighted by molar-refractivity contribution is 7.99. The van der Waals surface area contributed by atoms with Gasteiger partial charge in [0.05, 0.1) is 11.0 Å². The first kappa shape index (κ1) is 15.8. The first-order valence-corrected chi connectivity index (χ1v) is 7.31. The summed E-state index contributed by atoms with van der Waals surface area (Å²) in [6, 6.07) is 4.84. The minimum Gasteiger partial charge on any atom is -0.392 e. The van der Waals surface area contributed by atoms with Crippen LogP contribution in [0.2, 0.25) is 0 Å². The summed E-state index contributed by atoms with van der Waals surface area (Å²) in [5, 5.41) is 23.6. The van der Waals surface area contributed by atoms with E-state index in [9.17, 15) is 15.2 Å². The third-order valence-corrected chi connectivity index (χ3v) is 4.25. The van der Waals surface area contributed by atoms with Crippen molar-refractivity contribution in [1.29, 1.82) is 0 Å². The molecule has 5 nitrogen and oxygen atoms in total. The van der Waals surface area contributed by atoms with Crippen LogP contribution in [0.3, 0.4) is 0 Å². The van der Waals surface area contributed by atoms with Crippen molar-refractivity contribution in [1.82, 2.24) is 0 Å². The van der Waals surface area contributed by atoms with Gasteiger partial charge < -0.3 is 10.4 Å². The zero-order valence-electron chi connectivity index (χ0n) is 11.4. The molecule has 2 N–H and O–H groups in total. The number of hydrogen-bond donors (Lipinski definition) is 2. The fraction of sp³-hybridized carbons (Fsp3) is 0.538. The number of thioether (sulfide) groups is 1. The Morgan fingerprint density at radius 2 is 2.16 bits per heavy atom. The highest BCUT2D eigenvalue weighted by Crippen LogP contribution is 2.28. The number of hydrogen-bond acceptors (Lipinski definition) is 5. The number of non-ortho nitro benzene ring substituents is 1. The monoisotopic (exact) mass is 284 g/mol. The third kappa shape index (κ3) is 4.72. The molecule has 0 bridgehead atoms. The van der Waals surface area contributed by atoms with E-state index in [0.29, 0.717) is 5.75 Å². The summed E-state index contributed by atoms with van der Waals surface area (Å²) in [6.45, 7) is 6.44. The van der Waals surface area contributed by atoms with E-state index in [1.807, 2.05) is 13.8 Å². The maximum absolute atomic E-state index is 10.8. The zero-order valence-corrected chi connectivity index (χ0v) is 12.2. The highest BCUT2D eigenvalue weighted by atomic mass is 32.2. The third-order valence-electron chi connectivity index (χ3n) is 2.85. The predicted octanol–water partition coefficient (Wildman–Crippen LogP) is 3.03. The SMILES string of the molecule is CCNc1ccc([N+](=O)[O-])cc1CSC(C)C(C)O. The van der Waals surface area contributed by atoms with Crippen LogP contribution in [0.4, 0.5) is 11.4 Å². The quantitative estimate of drug-likeness (QED) is 0.594. The molecule has 0 saturated heterocycles.